The van der Waals surface area contributed by atoms with Crippen molar-refractivity contribution >= 4 is 5.91 Å². The van der Waals surface area contributed by atoms with Crippen LogP contribution in [0.15, 0.2) is 24.3 Å². The molecule has 1 aromatic carbocycles. The van der Waals surface area contributed by atoms with Crippen LogP contribution >= 0.6 is 0 Å². The molecule has 0 saturated carbocycles. The largest absolute Gasteiger partial charge is 0.416 e. The number of piperidine rings is 1. The van der Waals surface area contributed by atoms with Crippen LogP contribution in [0.3, 0.4) is 0 Å². The summed E-state index contributed by atoms with van der Waals surface area (Å²) in [6.45, 7) is 5.44. The molecule has 9 heteroatoms. The molecule has 2 fully saturated rings. The van der Waals surface area contributed by atoms with E-state index in [2.05, 4.69) is 10.00 Å². The number of benzene rings is 1. The second kappa shape index (κ2) is 9.23. The van der Waals surface area contributed by atoms with Gasteiger partial charge in [-0.2, -0.15) is 18.3 Å². The average molecular weight is 451 g/mol. The van der Waals surface area contributed by atoms with Gasteiger partial charge in [-0.1, -0.05) is 6.07 Å². The summed E-state index contributed by atoms with van der Waals surface area (Å²) in [6.07, 6.45) is -0.0933. The van der Waals surface area contributed by atoms with Crippen LogP contribution in [0.4, 0.5) is 13.2 Å². The van der Waals surface area contributed by atoms with Crippen molar-refractivity contribution in [3.8, 4) is 5.69 Å². The number of ether oxygens (including phenoxy) is 1. The number of halogens is 3. The van der Waals surface area contributed by atoms with Gasteiger partial charge in [0, 0.05) is 26.2 Å². The van der Waals surface area contributed by atoms with Gasteiger partial charge in [-0.05, 0) is 63.9 Å². The maximum absolute atomic E-state index is 13.4. The molecule has 0 N–H and O–H groups in total. The number of likely N-dealkylation sites (tertiary alicyclic amines) is 2. The van der Waals surface area contributed by atoms with E-state index in [1.807, 2.05) is 4.90 Å². The number of carbonyl (C=O) groups excluding carboxylic acids is 1. The number of hydrogen-bond acceptors (Lipinski definition) is 4. The summed E-state index contributed by atoms with van der Waals surface area (Å²) < 4.78 is 46.2. The maximum Gasteiger partial charge on any atom is 0.416 e. The Kier molecular flexibility index (Phi) is 6.57. The van der Waals surface area contributed by atoms with Crippen molar-refractivity contribution in [2.45, 2.75) is 51.4 Å². The first-order valence-electron chi connectivity index (χ1n) is 11.1. The molecule has 2 aliphatic heterocycles. The highest BCUT2D eigenvalue weighted by molar-refractivity contribution is 5.96. The van der Waals surface area contributed by atoms with Crippen LogP contribution in [0.1, 0.15) is 53.0 Å². The molecule has 0 radical (unpaired) electrons. The normalized spacial score (nSPS) is 18.5. The third kappa shape index (κ3) is 4.54. The molecule has 174 valence electrons. The highest BCUT2D eigenvalue weighted by Crippen LogP contribution is 2.31. The van der Waals surface area contributed by atoms with Crippen molar-refractivity contribution in [1.29, 1.82) is 0 Å². The molecule has 32 heavy (non-hydrogen) atoms. The van der Waals surface area contributed by atoms with Gasteiger partial charge in [0.05, 0.1) is 29.1 Å². The summed E-state index contributed by atoms with van der Waals surface area (Å²) in [6, 6.07) is 5.50. The molecule has 0 spiro atoms. The van der Waals surface area contributed by atoms with Crippen LogP contribution in [-0.4, -0.2) is 64.8 Å². The molecule has 1 aromatic heterocycles. The third-order valence-electron chi connectivity index (χ3n) is 6.51. The molecule has 1 amide bonds. The second-order valence-electron chi connectivity index (χ2n) is 8.57. The Balaban J connectivity index is 1.59. The maximum atomic E-state index is 13.4. The van der Waals surface area contributed by atoms with E-state index in [4.69, 9.17) is 4.74 Å². The van der Waals surface area contributed by atoms with E-state index in [0.717, 1.165) is 38.1 Å². The van der Waals surface area contributed by atoms with Crippen molar-refractivity contribution in [3.63, 3.8) is 0 Å². The van der Waals surface area contributed by atoms with Gasteiger partial charge in [-0.25, -0.2) is 4.68 Å². The van der Waals surface area contributed by atoms with Gasteiger partial charge in [0.1, 0.15) is 5.69 Å². The lowest BCUT2D eigenvalue weighted by Crippen LogP contribution is -2.46. The fourth-order valence-corrected chi connectivity index (χ4v) is 4.84. The van der Waals surface area contributed by atoms with E-state index >= 15 is 0 Å². The van der Waals surface area contributed by atoms with E-state index in [1.165, 1.54) is 30.7 Å². The standard InChI is InChI=1S/C23H29F3N4O2/c1-16-21(22(31)29-12-8-18(9-13-29)28-10-3-4-11-28)20(15-32-2)27-30(16)19-7-5-6-17(14-19)23(24,25)26/h5-7,14,18H,3-4,8-13,15H2,1-2H3. The van der Waals surface area contributed by atoms with Crippen LogP contribution in [0, 0.1) is 6.92 Å². The summed E-state index contributed by atoms with van der Waals surface area (Å²) in [5.74, 6) is -0.132. The fraction of sp³-hybridized carbons (Fsp3) is 0.565. The Bertz CT molecular complexity index is 959. The molecule has 4 rings (SSSR count). The Morgan fingerprint density at radius 3 is 2.47 bits per heavy atom. The van der Waals surface area contributed by atoms with Gasteiger partial charge in [-0.15, -0.1) is 0 Å². The predicted octanol–water partition coefficient (Wildman–Crippen LogP) is 4.05. The molecule has 0 bridgehead atoms. The van der Waals surface area contributed by atoms with Crippen molar-refractivity contribution < 1.29 is 22.7 Å². The number of aromatic nitrogens is 2. The van der Waals surface area contributed by atoms with Gasteiger partial charge >= 0.3 is 6.18 Å². The lowest BCUT2D eigenvalue weighted by atomic mass is 10.0. The van der Waals surface area contributed by atoms with E-state index < -0.39 is 11.7 Å². The Morgan fingerprint density at radius 1 is 1.16 bits per heavy atom. The smallest absolute Gasteiger partial charge is 0.378 e. The summed E-state index contributed by atoms with van der Waals surface area (Å²) in [7, 11) is 1.51. The zero-order valence-corrected chi connectivity index (χ0v) is 18.5. The van der Waals surface area contributed by atoms with E-state index in [0.29, 0.717) is 36.1 Å². The van der Waals surface area contributed by atoms with Crippen molar-refractivity contribution in [1.82, 2.24) is 19.6 Å². The molecule has 0 atom stereocenters. The number of hydrogen-bond donors (Lipinski definition) is 0. The number of carbonyl (C=O) groups is 1. The Labute approximate surface area is 185 Å². The van der Waals surface area contributed by atoms with Gasteiger partial charge in [-0.3, -0.25) is 4.79 Å². The van der Waals surface area contributed by atoms with Crippen LogP contribution in [-0.2, 0) is 17.5 Å². The van der Waals surface area contributed by atoms with Crippen LogP contribution in [0.25, 0.3) is 5.69 Å². The number of rotatable bonds is 5. The first-order chi connectivity index (χ1) is 15.3. The SMILES string of the molecule is COCc1nn(-c2cccc(C(F)(F)F)c2)c(C)c1C(=O)N1CCC(N2CCCC2)CC1. The van der Waals surface area contributed by atoms with Gasteiger partial charge in [0.25, 0.3) is 5.91 Å². The molecule has 2 saturated heterocycles. The number of nitrogens with zero attached hydrogens (tertiary/aromatic N) is 4. The minimum absolute atomic E-state index is 0.109. The van der Waals surface area contributed by atoms with Crippen molar-refractivity contribution in [2.24, 2.45) is 0 Å². The second-order valence-corrected chi connectivity index (χ2v) is 8.57. The molecule has 0 unspecified atom stereocenters. The Hall–Kier alpha value is -2.39. The van der Waals surface area contributed by atoms with E-state index in [-0.39, 0.29) is 18.2 Å². The van der Waals surface area contributed by atoms with Crippen molar-refractivity contribution in [2.75, 3.05) is 33.3 Å². The third-order valence-corrected chi connectivity index (χ3v) is 6.51. The zero-order valence-electron chi connectivity index (χ0n) is 18.5. The highest BCUT2D eigenvalue weighted by atomic mass is 19.4. The lowest BCUT2D eigenvalue weighted by Gasteiger charge is -2.36. The molecule has 2 aliphatic rings. The fourth-order valence-electron chi connectivity index (χ4n) is 4.84. The van der Waals surface area contributed by atoms with Crippen molar-refractivity contribution in [3.05, 3.63) is 46.8 Å². The van der Waals surface area contributed by atoms with Crippen LogP contribution < -0.4 is 0 Å². The number of methoxy groups -OCH3 is 1. The van der Waals surface area contributed by atoms with Gasteiger partial charge in [0.15, 0.2) is 0 Å². The Morgan fingerprint density at radius 2 is 1.84 bits per heavy atom. The first-order valence-corrected chi connectivity index (χ1v) is 11.1. The highest BCUT2D eigenvalue weighted by Gasteiger charge is 2.33. The van der Waals surface area contributed by atoms with Crippen LogP contribution in [0.2, 0.25) is 0 Å². The van der Waals surface area contributed by atoms with Gasteiger partial charge in [0.2, 0.25) is 0 Å². The zero-order chi connectivity index (χ0) is 22.9. The topological polar surface area (TPSA) is 50.6 Å². The summed E-state index contributed by atoms with van der Waals surface area (Å²) in [5.41, 5.74) is 0.887. The molecule has 6 nitrogen and oxygen atoms in total. The quantitative estimate of drug-likeness (QED) is 0.690. The molecule has 2 aromatic rings. The first kappa shape index (κ1) is 22.8. The predicted molar refractivity (Wildman–Crippen MR) is 114 cm³/mol. The monoisotopic (exact) mass is 450 g/mol. The lowest BCUT2D eigenvalue weighted by molar-refractivity contribution is -0.137. The molecule has 3 heterocycles. The summed E-state index contributed by atoms with van der Waals surface area (Å²) in [4.78, 5) is 17.8. The van der Waals surface area contributed by atoms with Gasteiger partial charge < -0.3 is 14.5 Å². The molecular weight excluding hydrogens is 421 g/mol. The summed E-state index contributed by atoms with van der Waals surface area (Å²) >= 11 is 0. The number of amides is 1. The average Bonchev–Trinajstić information content (AvgIpc) is 3.42. The van der Waals surface area contributed by atoms with E-state index in [1.54, 1.807) is 13.0 Å². The van der Waals surface area contributed by atoms with E-state index in [9.17, 15) is 18.0 Å². The molecular formula is C23H29F3N4O2. The number of alkyl halides is 3. The summed E-state index contributed by atoms with van der Waals surface area (Å²) in [5, 5.41) is 4.46. The minimum Gasteiger partial charge on any atom is -0.378 e. The molecule has 0 aliphatic carbocycles. The minimum atomic E-state index is -4.45. The van der Waals surface area contributed by atoms with Crippen LogP contribution in [0.5, 0.6) is 0 Å².